The molecule has 0 fully saturated rings. The van der Waals surface area contributed by atoms with Gasteiger partial charge < -0.3 is 5.32 Å². The molecule has 8 nitrogen and oxygen atoms in total. The van der Waals surface area contributed by atoms with E-state index in [1.54, 1.807) is 38.1 Å². The summed E-state index contributed by atoms with van der Waals surface area (Å²) in [5.41, 5.74) is 3.51. The molecule has 12 heteroatoms. The lowest BCUT2D eigenvalue weighted by Gasteiger charge is -2.14. The molecule has 0 radical (unpaired) electrons. The molecule has 0 saturated heterocycles. The van der Waals surface area contributed by atoms with Crippen molar-refractivity contribution in [1.82, 2.24) is 0 Å². The van der Waals surface area contributed by atoms with Crippen molar-refractivity contribution >= 4 is 66.2 Å². The molecule has 0 aliphatic heterocycles. The number of amides is 1. The van der Waals surface area contributed by atoms with E-state index in [4.69, 9.17) is 23.2 Å². The summed E-state index contributed by atoms with van der Waals surface area (Å²) in [6, 6.07) is 19.6. The van der Waals surface area contributed by atoms with Gasteiger partial charge in [-0.3, -0.25) is 14.2 Å². The summed E-state index contributed by atoms with van der Waals surface area (Å²) in [5, 5.41) is 2.98. The van der Waals surface area contributed by atoms with Crippen LogP contribution in [-0.4, -0.2) is 22.7 Å². The Morgan fingerprint density at radius 1 is 0.675 bits per heavy atom. The molecule has 0 aromatic heterocycles. The maximum atomic E-state index is 13.1. The Labute approximate surface area is 243 Å². The van der Waals surface area contributed by atoms with Gasteiger partial charge in [0.2, 0.25) is 0 Å². The maximum Gasteiger partial charge on any atom is 0.263 e. The van der Waals surface area contributed by atoms with E-state index in [2.05, 4.69) is 14.8 Å². The standard InChI is InChI=1S/C28H25Cl2N3O5S2/c1-17-4-13-25(19(3)14-17)32-40(37,38)27-15-20(6-12-24(27)30)28(34)31-22-8-10-23(11-9-22)39(35,36)33-26-16-21(29)7-5-18(26)2/h4-16,32-33H,1-3H3,(H,31,34). The van der Waals surface area contributed by atoms with Crippen LogP contribution in [-0.2, 0) is 20.0 Å². The van der Waals surface area contributed by atoms with Crippen molar-refractivity contribution in [3.05, 3.63) is 111 Å². The Morgan fingerprint density at radius 3 is 2.02 bits per heavy atom. The molecule has 0 saturated carbocycles. The fourth-order valence-corrected chi connectivity index (χ4v) is 6.76. The summed E-state index contributed by atoms with van der Waals surface area (Å²) in [4.78, 5) is 12.6. The molecule has 0 spiro atoms. The number of halogens is 2. The van der Waals surface area contributed by atoms with Crippen LogP contribution in [0.1, 0.15) is 27.0 Å². The van der Waals surface area contributed by atoms with E-state index in [9.17, 15) is 21.6 Å². The summed E-state index contributed by atoms with van der Waals surface area (Å²) in [5.74, 6) is -0.608. The molecule has 4 rings (SSSR count). The van der Waals surface area contributed by atoms with Crippen LogP contribution in [0.4, 0.5) is 17.1 Å². The van der Waals surface area contributed by atoms with Crippen molar-refractivity contribution in [3.8, 4) is 0 Å². The summed E-state index contributed by atoms with van der Waals surface area (Å²) in [6.07, 6.45) is 0. The molecule has 4 aromatic rings. The topological polar surface area (TPSA) is 121 Å². The van der Waals surface area contributed by atoms with Gasteiger partial charge in [0.15, 0.2) is 0 Å². The fourth-order valence-electron chi connectivity index (χ4n) is 3.81. The Hall–Kier alpha value is -3.57. The van der Waals surface area contributed by atoms with Crippen LogP contribution in [0.5, 0.6) is 0 Å². The first-order valence-corrected chi connectivity index (χ1v) is 15.6. The monoisotopic (exact) mass is 617 g/mol. The molecular weight excluding hydrogens is 593 g/mol. The fraction of sp³-hybridized carbons (Fsp3) is 0.107. The number of sulfonamides is 2. The predicted molar refractivity (Wildman–Crippen MR) is 160 cm³/mol. The van der Waals surface area contributed by atoms with Crippen LogP contribution in [0.25, 0.3) is 0 Å². The largest absolute Gasteiger partial charge is 0.322 e. The number of carbonyl (C=O) groups is 1. The van der Waals surface area contributed by atoms with Gasteiger partial charge in [-0.15, -0.1) is 0 Å². The van der Waals surface area contributed by atoms with Crippen LogP contribution < -0.4 is 14.8 Å². The highest BCUT2D eigenvalue weighted by Gasteiger charge is 2.22. The van der Waals surface area contributed by atoms with Crippen molar-refractivity contribution in [3.63, 3.8) is 0 Å². The van der Waals surface area contributed by atoms with Crippen LogP contribution in [0.2, 0.25) is 10.0 Å². The second kappa shape index (κ2) is 11.5. The third-order valence-electron chi connectivity index (χ3n) is 5.98. The molecule has 0 aliphatic rings. The van der Waals surface area contributed by atoms with Gasteiger partial charge in [0.25, 0.3) is 26.0 Å². The number of hydrogen-bond acceptors (Lipinski definition) is 5. The highest BCUT2D eigenvalue weighted by molar-refractivity contribution is 7.93. The van der Waals surface area contributed by atoms with Gasteiger partial charge in [-0.05, 0) is 92.6 Å². The zero-order valence-electron chi connectivity index (χ0n) is 21.6. The van der Waals surface area contributed by atoms with E-state index in [-0.39, 0.29) is 20.4 Å². The molecule has 4 aromatic carbocycles. The minimum atomic E-state index is -4.11. The number of aryl methyl sites for hydroxylation is 3. The average Bonchev–Trinajstić information content (AvgIpc) is 2.88. The van der Waals surface area contributed by atoms with Crippen LogP contribution >= 0.6 is 23.2 Å². The number of anilines is 3. The van der Waals surface area contributed by atoms with Gasteiger partial charge in [0.1, 0.15) is 4.90 Å². The van der Waals surface area contributed by atoms with Gasteiger partial charge >= 0.3 is 0 Å². The first-order chi connectivity index (χ1) is 18.7. The van der Waals surface area contributed by atoms with E-state index >= 15 is 0 Å². The van der Waals surface area contributed by atoms with Gasteiger partial charge in [-0.1, -0.05) is 47.0 Å². The van der Waals surface area contributed by atoms with Crippen molar-refractivity contribution in [2.45, 2.75) is 30.6 Å². The van der Waals surface area contributed by atoms with Crippen molar-refractivity contribution in [2.24, 2.45) is 0 Å². The predicted octanol–water partition coefficient (Wildman–Crippen LogP) is 6.77. The second-order valence-corrected chi connectivity index (χ2v) is 13.3. The third-order valence-corrected chi connectivity index (χ3v) is 9.44. The highest BCUT2D eigenvalue weighted by atomic mass is 35.5. The van der Waals surface area contributed by atoms with E-state index in [1.807, 2.05) is 13.0 Å². The van der Waals surface area contributed by atoms with E-state index in [0.29, 0.717) is 27.6 Å². The van der Waals surface area contributed by atoms with Gasteiger partial charge in [-0.2, -0.15) is 0 Å². The normalized spacial score (nSPS) is 11.6. The first kappa shape index (κ1) is 29.4. The SMILES string of the molecule is Cc1ccc(NS(=O)(=O)c2cc(C(=O)Nc3ccc(S(=O)(=O)Nc4cc(Cl)ccc4C)cc3)ccc2Cl)c(C)c1. The van der Waals surface area contributed by atoms with E-state index < -0.39 is 26.0 Å². The quantitative estimate of drug-likeness (QED) is 0.201. The number of carbonyl (C=O) groups excluding carboxylic acids is 1. The summed E-state index contributed by atoms with van der Waals surface area (Å²) < 4.78 is 56.9. The molecule has 0 atom stereocenters. The van der Waals surface area contributed by atoms with Gasteiger partial charge in [-0.25, -0.2) is 16.8 Å². The Kier molecular flexibility index (Phi) is 8.46. The maximum absolute atomic E-state index is 13.1. The second-order valence-electron chi connectivity index (χ2n) is 9.11. The van der Waals surface area contributed by atoms with E-state index in [1.165, 1.54) is 48.5 Å². The molecule has 40 heavy (non-hydrogen) atoms. The van der Waals surface area contributed by atoms with Gasteiger partial charge in [0.05, 0.1) is 21.3 Å². The third kappa shape index (κ3) is 6.76. The number of benzene rings is 4. The molecule has 3 N–H and O–H groups in total. The van der Waals surface area contributed by atoms with Crippen LogP contribution in [0.3, 0.4) is 0 Å². The molecule has 0 heterocycles. The average molecular weight is 619 g/mol. The summed E-state index contributed by atoms with van der Waals surface area (Å²) in [7, 11) is -8.02. The van der Waals surface area contributed by atoms with Crippen LogP contribution in [0.15, 0.2) is 88.7 Å². The minimum Gasteiger partial charge on any atom is -0.322 e. The summed E-state index contributed by atoms with van der Waals surface area (Å²) in [6.45, 7) is 5.43. The lowest BCUT2D eigenvalue weighted by Crippen LogP contribution is -2.17. The molecule has 0 bridgehead atoms. The molecule has 0 unspecified atom stereocenters. The smallest absolute Gasteiger partial charge is 0.263 e. The molecule has 208 valence electrons. The number of nitrogens with one attached hydrogen (secondary N) is 3. The van der Waals surface area contributed by atoms with Crippen LogP contribution in [0, 0.1) is 20.8 Å². The molecular formula is C28H25Cl2N3O5S2. The van der Waals surface area contributed by atoms with Crippen molar-refractivity contribution < 1.29 is 21.6 Å². The zero-order chi connectivity index (χ0) is 29.2. The Morgan fingerprint density at radius 2 is 1.35 bits per heavy atom. The molecule has 1 amide bonds. The van der Waals surface area contributed by atoms with Gasteiger partial charge in [0, 0.05) is 16.3 Å². The Balaban J connectivity index is 1.51. The summed E-state index contributed by atoms with van der Waals surface area (Å²) >= 11 is 12.2. The highest BCUT2D eigenvalue weighted by Crippen LogP contribution is 2.28. The first-order valence-electron chi connectivity index (χ1n) is 11.9. The zero-order valence-corrected chi connectivity index (χ0v) is 24.8. The lowest BCUT2D eigenvalue weighted by molar-refractivity contribution is 0.102. The van der Waals surface area contributed by atoms with Crippen molar-refractivity contribution in [1.29, 1.82) is 0 Å². The lowest BCUT2D eigenvalue weighted by atomic mass is 10.1. The number of rotatable bonds is 8. The van der Waals surface area contributed by atoms with Crippen molar-refractivity contribution in [2.75, 3.05) is 14.8 Å². The Bertz CT molecular complexity index is 1830. The van der Waals surface area contributed by atoms with E-state index in [0.717, 1.165) is 11.1 Å². The number of hydrogen-bond donors (Lipinski definition) is 3. The molecule has 0 aliphatic carbocycles. The minimum absolute atomic E-state index is 0.0257.